The molecule has 10 rings (SSSR count). The van der Waals surface area contributed by atoms with Gasteiger partial charge in [0.05, 0.1) is 27.8 Å². The maximum atomic E-state index is 2.49. The lowest BCUT2D eigenvalue weighted by Gasteiger charge is -2.27. The first-order valence-corrected chi connectivity index (χ1v) is 20.8. The molecule has 2 heterocycles. The van der Waals surface area contributed by atoms with Crippen LogP contribution >= 0.6 is 0 Å². The molecule has 3 nitrogen and oxygen atoms in total. The largest absolute Gasteiger partial charge is 0.310 e. The van der Waals surface area contributed by atoms with E-state index in [0.29, 0.717) is 5.92 Å². The minimum Gasteiger partial charge on any atom is -0.310 e. The Labute approximate surface area is 342 Å². The number of fused-ring (bicyclic) bond motifs is 7. The van der Waals surface area contributed by atoms with Crippen LogP contribution < -0.4 is 4.90 Å². The zero-order chi connectivity index (χ0) is 39.9. The van der Waals surface area contributed by atoms with Crippen LogP contribution in [-0.2, 0) is 10.8 Å². The summed E-state index contributed by atoms with van der Waals surface area (Å²) in [6, 6.07) is 54.6. The third kappa shape index (κ3) is 5.95. The Morgan fingerprint density at radius 3 is 1.60 bits per heavy atom. The van der Waals surface area contributed by atoms with E-state index >= 15 is 0 Å². The number of benzene rings is 7. The van der Waals surface area contributed by atoms with Gasteiger partial charge < -0.3 is 14.0 Å². The highest BCUT2D eigenvalue weighted by atomic mass is 15.1. The molecule has 286 valence electrons. The first kappa shape index (κ1) is 36.0. The molecule has 0 aliphatic heterocycles. The van der Waals surface area contributed by atoms with Gasteiger partial charge in [-0.25, -0.2) is 0 Å². The zero-order valence-electron chi connectivity index (χ0n) is 34.7. The van der Waals surface area contributed by atoms with Crippen LogP contribution in [0.2, 0.25) is 0 Å². The van der Waals surface area contributed by atoms with Crippen LogP contribution in [0.3, 0.4) is 0 Å². The Morgan fingerprint density at radius 2 is 1.02 bits per heavy atom. The van der Waals surface area contributed by atoms with E-state index in [1.807, 2.05) is 0 Å². The van der Waals surface area contributed by atoms with E-state index < -0.39 is 0 Å². The van der Waals surface area contributed by atoms with Crippen LogP contribution in [0.4, 0.5) is 17.1 Å². The van der Waals surface area contributed by atoms with Gasteiger partial charge in [-0.2, -0.15) is 0 Å². The quantitative estimate of drug-likeness (QED) is 0.171. The van der Waals surface area contributed by atoms with Gasteiger partial charge in [0, 0.05) is 49.7 Å². The van der Waals surface area contributed by atoms with E-state index in [1.165, 1.54) is 76.9 Å². The van der Waals surface area contributed by atoms with Crippen LogP contribution in [0.25, 0.3) is 65.8 Å². The van der Waals surface area contributed by atoms with Crippen LogP contribution in [0.15, 0.2) is 164 Å². The Bertz CT molecular complexity index is 3110. The van der Waals surface area contributed by atoms with Crippen LogP contribution in [0.5, 0.6) is 0 Å². The summed E-state index contributed by atoms with van der Waals surface area (Å²) in [5.41, 5.74) is 13.4. The van der Waals surface area contributed by atoms with Gasteiger partial charge in [-0.1, -0.05) is 127 Å². The second-order valence-electron chi connectivity index (χ2n) is 18.4. The van der Waals surface area contributed by atoms with Crippen molar-refractivity contribution >= 4 is 77.1 Å². The van der Waals surface area contributed by atoms with E-state index in [2.05, 4.69) is 226 Å². The zero-order valence-corrected chi connectivity index (χ0v) is 34.7. The average Bonchev–Trinajstić information content (AvgIpc) is 3.72. The number of para-hydroxylation sites is 1. The van der Waals surface area contributed by atoms with E-state index in [9.17, 15) is 0 Å². The molecule has 0 spiro atoms. The van der Waals surface area contributed by atoms with Gasteiger partial charge >= 0.3 is 0 Å². The molecule has 7 aromatic carbocycles. The maximum Gasteiger partial charge on any atom is 0.0542 e. The van der Waals surface area contributed by atoms with Gasteiger partial charge in [0.2, 0.25) is 0 Å². The first-order chi connectivity index (χ1) is 27.9. The molecule has 0 radical (unpaired) electrons. The van der Waals surface area contributed by atoms with Crippen molar-refractivity contribution in [3.63, 3.8) is 0 Å². The molecule has 58 heavy (non-hydrogen) atoms. The minimum atomic E-state index is 0.0188. The van der Waals surface area contributed by atoms with Gasteiger partial charge in [0.1, 0.15) is 0 Å². The fourth-order valence-corrected chi connectivity index (χ4v) is 9.17. The molecular weight excluding hydrogens is 703 g/mol. The van der Waals surface area contributed by atoms with Gasteiger partial charge in [-0.15, -0.1) is 0 Å². The SMILES string of the molecule is CC1C=C(n2c3ccc(N(c4ccc5c(c4)c4cc(C(C)(C)C)ccc4n5-c4ccccc4)c4cccc5ccccc45)cc3c3cc(C(C)(C)C)ccc32)C=CC1. The number of hydrogen-bond donors (Lipinski definition) is 0. The van der Waals surface area contributed by atoms with Crippen molar-refractivity contribution < 1.29 is 0 Å². The molecular formula is C55H51N3. The van der Waals surface area contributed by atoms with Crippen molar-refractivity contribution in [2.24, 2.45) is 5.92 Å². The Morgan fingerprint density at radius 1 is 0.500 bits per heavy atom. The molecule has 0 bridgehead atoms. The number of anilines is 3. The number of aromatic nitrogens is 2. The summed E-state index contributed by atoms with van der Waals surface area (Å²) in [4.78, 5) is 2.49. The third-order valence-electron chi connectivity index (χ3n) is 12.3. The maximum absolute atomic E-state index is 2.49. The Hall–Kier alpha value is -6.32. The highest BCUT2D eigenvalue weighted by Crippen LogP contribution is 2.45. The predicted octanol–water partition coefficient (Wildman–Crippen LogP) is 15.5. The molecule has 0 N–H and O–H groups in total. The molecule has 0 amide bonds. The van der Waals surface area contributed by atoms with Crippen molar-refractivity contribution in [1.82, 2.24) is 9.13 Å². The van der Waals surface area contributed by atoms with Crippen LogP contribution in [0, 0.1) is 5.92 Å². The highest BCUT2D eigenvalue weighted by Gasteiger charge is 2.24. The van der Waals surface area contributed by atoms with Gasteiger partial charge in [-0.3, -0.25) is 0 Å². The van der Waals surface area contributed by atoms with Crippen molar-refractivity contribution in [2.45, 2.75) is 65.7 Å². The monoisotopic (exact) mass is 753 g/mol. The molecule has 0 fully saturated rings. The lowest BCUT2D eigenvalue weighted by Crippen LogP contribution is -2.11. The lowest BCUT2D eigenvalue weighted by atomic mass is 9.86. The number of allylic oxidation sites excluding steroid dienone is 4. The van der Waals surface area contributed by atoms with Gasteiger partial charge in [-0.05, 0) is 125 Å². The van der Waals surface area contributed by atoms with Gasteiger partial charge in [0.15, 0.2) is 0 Å². The predicted molar refractivity (Wildman–Crippen MR) is 251 cm³/mol. The van der Waals surface area contributed by atoms with Gasteiger partial charge in [0.25, 0.3) is 0 Å². The fourth-order valence-electron chi connectivity index (χ4n) is 9.17. The van der Waals surface area contributed by atoms with Crippen LogP contribution in [-0.4, -0.2) is 9.13 Å². The summed E-state index contributed by atoms with van der Waals surface area (Å²) in [6.07, 6.45) is 8.14. The van der Waals surface area contributed by atoms with E-state index in [1.54, 1.807) is 0 Å². The number of nitrogens with zero attached hydrogens (tertiary/aromatic N) is 3. The molecule has 1 unspecified atom stereocenters. The summed E-state index contributed by atoms with van der Waals surface area (Å²) in [5.74, 6) is 0.490. The summed E-state index contributed by atoms with van der Waals surface area (Å²) < 4.78 is 4.90. The van der Waals surface area contributed by atoms with Crippen molar-refractivity contribution in [3.05, 3.63) is 175 Å². The second kappa shape index (κ2) is 13.4. The second-order valence-corrected chi connectivity index (χ2v) is 18.4. The average molecular weight is 754 g/mol. The molecule has 1 aliphatic carbocycles. The minimum absolute atomic E-state index is 0.0188. The molecule has 0 saturated heterocycles. The Balaban J connectivity index is 1.27. The highest BCUT2D eigenvalue weighted by molar-refractivity contribution is 6.14. The summed E-state index contributed by atoms with van der Waals surface area (Å²) in [7, 11) is 0. The standard InChI is InChI=1S/C55H51N3/c1-36-15-13-20-41(31-36)58-51-28-24-39(55(5,6)7)33-46(51)48-35-43(26-30-53(48)58)56(49-22-14-17-37-16-11-12-21-44(37)49)42-25-29-52-47(34-42)45-32-38(54(2,3)4)23-27-50(45)57(52)40-18-9-8-10-19-40/h8-14,16-36H,15H2,1-7H3. The molecule has 1 atom stereocenters. The lowest BCUT2D eigenvalue weighted by molar-refractivity contribution is 0.591. The van der Waals surface area contributed by atoms with E-state index in [4.69, 9.17) is 0 Å². The fraction of sp³-hybridized carbons (Fsp3) is 0.200. The molecule has 1 aliphatic rings. The third-order valence-corrected chi connectivity index (χ3v) is 12.3. The van der Waals surface area contributed by atoms with Crippen LogP contribution in [0.1, 0.15) is 66.0 Å². The topological polar surface area (TPSA) is 13.1 Å². The normalized spacial score (nSPS) is 14.9. The van der Waals surface area contributed by atoms with E-state index in [-0.39, 0.29) is 10.8 Å². The number of hydrogen-bond acceptors (Lipinski definition) is 1. The van der Waals surface area contributed by atoms with Crippen molar-refractivity contribution in [3.8, 4) is 5.69 Å². The summed E-state index contributed by atoms with van der Waals surface area (Å²) >= 11 is 0. The molecule has 3 heteroatoms. The number of rotatable bonds is 5. The summed E-state index contributed by atoms with van der Waals surface area (Å²) in [6.45, 7) is 16.2. The Kier molecular flexibility index (Phi) is 8.32. The smallest absolute Gasteiger partial charge is 0.0542 e. The van der Waals surface area contributed by atoms with Crippen molar-refractivity contribution in [2.75, 3.05) is 4.90 Å². The molecule has 9 aromatic rings. The summed E-state index contributed by atoms with van der Waals surface area (Å²) in [5, 5.41) is 7.49. The van der Waals surface area contributed by atoms with E-state index in [0.717, 1.165) is 23.5 Å². The van der Waals surface area contributed by atoms with Crippen molar-refractivity contribution in [1.29, 1.82) is 0 Å². The molecule has 0 saturated carbocycles. The molecule has 2 aromatic heterocycles. The first-order valence-electron chi connectivity index (χ1n) is 20.8.